The van der Waals surface area contributed by atoms with E-state index in [-0.39, 0.29) is 16.9 Å². The number of alkyl halides is 3. The summed E-state index contributed by atoms with van der Waals surface area (Å²) < 4.78 is 97.2. The Hall–Kier alpha value is -7.06. The van der Waals surface area contributed by atoms with Crippen molar-refractivity contribution in [3.63, 3.8) is 0 Å². The number of rotatable bonds is 5. The van der Waals surface area contributed by atoms with Gasteiger partial charge >= 0.3 is 6.18 Å². The molecule has 8 aromatic carbocycles. The highest BCUT2D eigenvalue weighted by Gasteiger charge is 2.40. The van der Waals surface area contributed by atoms with Crippen LogP contribution in [0.4, 0.5) is 26.3 Å². The van der Waals surface area contributed by atoms with Crippen molar-refractivity contribution in [3.05, 3.63) is 193 Å². The number of para-hydroxylation sites is 2. The number of aromatic nitrogens is 2. The van der Waals surface area contributed by atoms with E-state index in [1.165, 1.54) is 21.3 Å². The highest BCUT2D eigenvalue weighted by atomic mass is 19.4. The van der Waals surface area contributed by atoms with Gasteiger partial charge in [-0.25, -0.2) is 13.2 Å². The molecule has 0 aliphatic rings. The number of benzene rings is 8. The Kier molecular flexibility index (Phi) is 7.87. The minimum Gasteiger partial charge on any atom is -0.309 e. The maximum atomic E-state index is 16.2. The second-order valence-corrected chi connectivity index (χ2v) is 14.0. The number of nitrogens with zero attached hydrogens (tertiary/aromatic N) is 2. The topological polar surface area (TPSA) is 9.86 Å². The molecule has 10 aromatic rings. The summed E-state index contributed by atoms with van der Waals surface area (Å²) in [5, 5.41) is 2.78. The van der Waals surface area contributed by atoms with E-state index in [2.05, 4.69) is 0 Å². The lowest BCUT2D eigenvalue weighted by Crippen LogP contribution is -2.16. The Morgan fingerprint density at radius 1 is 0.368 bits per heavy atom. The molecule has 0 amide bonds. The van der Waals surface area contributed by atoms with Crippen molar-refractivity contribution in [2.24, 2.45) is 0 Å². The molecule has 0 saturated heterocycles. The summed E-state index contributed by atoms with van der Waals surface area (Å²) in [6, 6.07) is 48.3. The van der Waals surface area contributed by atoms with Crippen molar-refractivity contribution in [3.8, 4) is 44.8 Å². The summed E-state index contributed by atoms with van der Waals surface area (Å²) >= 11 is 0. The first-order valence-corrected chi connectivity index (χ1v) is 18.2. The standard InChI is InChI=1S/C49H28F6N2/c50-34-27-37(48(52)40(51)28-34)33-25-45(56-41-17-9-7-15-35(41)38-23-31(19-21-43(38)56)29-11-3-1-4-12-29)47(49(53,54)55)46(26-33)57-42-18-10-8-16-36(42)39-24-32(20-22-44(39)57)30-13-5-2-6-14-30/h1-28H. The lowest BCUT2D eigenvalue weighted by atomic mass is 9.98. The van der Waals surface area contributed by atoms with Gasteiger partial charge in [0.2, 0.25) is 0 Å². The molecule has 0 aliphatic heterocycles. The third-order valence-electron chi connectivity index (χ3n) is 10.7. The van der Waals surface area contributed by atoms with Crippen molar-refractivity contribution in [2.45, 2.75) is 6.18 Å². The third-order valence-corrected chi connectivity index (χ3v) is 10.7. The van der Waals surface area contributed by atoms with Gasteiger partial charge in [0, 0.05) is 33.2 Å². The molecule has 0 radical (unpaired) electrons. The van der Waals surface area contributed by atoms with Crippen LogP contribution in [0.5, 0.6) is 0 Å². The van der Waals surface area contributed by atoms with Crippen LogP contribution >= 0.6 is 0 Å². The molecule has 0 atom stereocenters. The molecule has 2 nitrogen and oxygen atoms in total. The molecule has 0 fully saturated rings. The molecule has 0 saturated carbocycles. The quantitative estimate of drug-likeness (QED) is 0.122. The molecule has 0 bridgehead atoms. The van der Waals surface area contributed by atoms with Gasteiger partial charge in [0.25, 0.3) is 0 Å². The van der Waals surface area contributed by atoms with Gasteiger partial charge in [0.1, 0.15) is 11.4 Å². The Bertz CT molecular complexity index is 3020. The molecule has 10 rings (SSSR count). The molecule has 0 spiro atoms. The van der Waals surface area contributed by atoms with E-state index in [1.807, 2.05) is 109 Å². The van der Waals surface area contributed by atoms with Crippen LogP contribution in [0.1, 0.15) is 5.56 Å². The number of halogens is 6. The zero-order valence-corrected chi connectivity index (χ0v) is 29.8. The number of fused-ring (bicyclic) bond motifs is 6. The molecular formula is C49H28F6N2. The van der Waals surface area contributed by atoms with E-state index < -0.39 is 34.8 Å². The fraction of sp³-hybridized carbons (Fsp3) is 0.0204. The van der Waals surface area contributed by atoms with Gasteiger partial charge < -0.3 is 9.13 Å². The zero-order chi connectivity index (χ0) is 39.0. The molecule has 276 valence electrons. The predicted octanol–water partition coefficient (Wildman–Crippen LogP) is 14.3. The van der Waals surface area contributed by atoms with Crippen LogP contribution in [0.2, 0.25) is 0 Å². The molecule has 0 N–H and O–H groups in total. The molecule has 8 heteroatoms. The fourth-order valence-corrected chi connectivity index (χ4v) is 8.26. The maximum Gasteiger partial charge on any atom is 0.420 e. The molecule has 57 heavy (non-hydrogen) atoms. The second kappa shape index (κ2) is 13.0. The largest absolute Gasteiger partial charge is 0.420 e. The summed E-state index contributed by atoms with van der Waals surface area (Å²) in [6.07, 6.45) is -4.97. The van der Waals surface area contributed by atoms with Crippen LogP contribution in [0.25, 0.3) is 88.4 Å². The van der Waals surface area contributed by atoms with Gasteiger partial charge in [-0.1, -0.05) is 109 Å². The average Bonchev–Trinajstić information content (AvgIpc) is 3.74. The summed E-state index contributed by atoms with van der Waals surface area (Å²) in [4.78, 5) is 0. The van der Waals surface area contributed by atoms with E-state index in [1.54, 1.807) is 36.4 Å². The van der Waals surface area contributed by atoms with Gasteiger partial charge in [-0.15, -0.1) is 0 Å². The van der Waals surface area contributed by atoms with E-state index in [0.29, 0.717) is 49.7 Å². The number of hydrogen-bond donors (Lipinski definition) is 0. The lowest BCUT2D eigenvalue weighted by molar-refractivity contribution is -0.137. The van der Waals surface area contributed by atoms with Crippen molar-refractivity contribution in [2.75, 3.05) is 0 Å². The average molecular weight is 759 g/mol. The minimum atomic E-state index is -4.97. The van der Waals surface area contributed by atoms with E-state index >= 15 is 17.6 Å². The van der Waals surface area contributed by atoms with Crippen molar-refractivity contribution in [1.29, 1.82) is 0 Å². The lowest BCUT2D eigenvalue weighted by Gasteiger charge is -2.23. The van der Waals surface area contributed by atoms with Gasteiger partial charge in [-0.2, -0.15) is 13.2 Å². The summed E-state index contributed by atoms with van der Waals surface area (Å²) in [6.45, 7) is 0. The summed E-state index contributed by atoms with van der Waals surface area (Å²) in [5.41, 5.74) is 3.15. The Balaban J connectivity index is 1.36. The molecule has 2 heterocycles. The first kappa shape index (κ1) is 34.4. The van der Waals surface area contributed by atoms with Gasteiger partial charge in [-0.3, -0.25) is 0 Å². The maximum absolute atomic E-state index is 16.2. The summed E-state index contributed by atoms with van der Waals surface area (Å²) in [5.74, 6) is -3.90. The van der Waals surface area contributed by atoms with Gasteiger partial charge in [-0.05, 0) is 82.4 Å². The first-order chi connectivity index (χ1) is 27.7. The van der Waals surface area contributed by atoms with E-state index in [0.717, 1.165) is 28.3 Å². The zero-order valence-electron chi connectivity index (χ0n) is 29.8. The Labute approximate surface area is 322 Å². The van der Waals surface area contributed by atoms with Gasteiger partial charge in [0.05, 0.1) is 33.4 Å². The molecule has 0 aliphatic carbocycles. The van der Waals surface area contributed by atoms with Crippen molar-refractivity contribution in [1.82, 2.24) is 9.13 Å². The SMILES string of the molecule is Fc1cc(F)c(F)c(-c2cc(-n3c4ccccc4c4cc(-c5ccccc5)ccc43)c(C(F)(F)F)c(-n3c4ccccc4c4cc(-c5ccccc5)ccc43)c2)c1. The normalized spacial score (nSPS) is 12.0. The van der Waals surface area contributed by atoms with E-state index in [4.69, 9.17) is 0 Å². The fourth-order valence-electron chi connectivity index (χ4n) is 8.26. The van der Waals surface area contributed by atoms with Crippen LogP contribution in [0.15, 0.2) is 170 Å². The molecule has 0 unspecified atom stereocenters. The predicted molar refractivity (Wildman–Crippen MR) is 216 cm³/mol. The van der Waals surface area contributed by atoms with Crippen LogP contribution in [-0.2, 0) is 6.18 Å². The van der Waals surface area contributed by atoms with Crippen LogP contribution in [0, 0.1) is 17.5 Å². The molecular weight excluding hydrogens is 731 g/mol. The summed E-state index contributed by atoms with van der Waals surface area (Å²) in [7, 11) is 0. The molecule has 2 aromatic heterocycles. The van der Waals surface area contributed by atoms with Crippen molar-refractivity contribution >= 4 is 43.6 Å². The van der Waals surface area contributed by atoms with Crippen molar-refractivity contribution < 1.29 is 26.3 Å². The Morgan fingerprint density at radius 3 is 1.28 bits per heavy atom. The first-order valence-electron chi connectivity index (χ1n) is 18.2. The number of hydrogen-bond acceptors (Lipinski definition) is 0. The Morgan fingerprint density at radius 2 is 0.807 bits per heavy atom. The van der Waals surface area contributed by atoms with E-state index in [9.17, 15) is 8.78 Å². The highest BCUT2D eigenvalue weighted by molar-refractivity contribution is 6.12. The minimum absolute atomic E-state index is 0.137. The highest BCUT2D eigenvalue weighted by Crippen LogP contribution is 2.47. The van der Waals surface area contributed by atoms with Gasteiger partial charge in [0.15, 0.2) is 11.6 Å². The smallest absolute Gasteiger partial charge is 0.309 e. The van der Waals surface area contributed by atoms with Crippen LogP contribution in [-0.4, -0.2) is 9.13 Å². The monoisotopic (exact) mass is 758 g/mol. The van der Waals surface area contributed by atoms with Crippen LogP contribution in [0.3, 0.4) is 0 Å². The van der Waals surface area contributed by atoms with Crippen LogP contribution < -0.4 is 0 Å². The third kappa shape index (κ3) is 5.59. The second-order valence-electron chi connectivity index (χ2n) is 14.0.